The molecule has 2 rings (SSSR count). The maximum absolute atomic E-state index is 6.30. The third-order valence-corrected chi connectivity index (χ3v) is 4.77. The Balaban J connectivity index is 2.49. The van der Waals surface area contributed by atoms with E-state index in [0.29, 0.717) is 0 Å². The summed E-state index contributed by atoms with van der Waals surface area (Å²) in [5, 5.41) is 1.04. The lowest BCUT2D eigenvalue weighted by atomic mass is 10.0. The zero-order valence-electron chi connectivity index (χ0n) is 11.2. The van der Waals surface area contributed by atoms with Gasteiger partial charge in [0.05, 0.1) is 11.2 Å². The van der Waals surface area contributed by atoms with Crippen LogP contribution in [0.25, 0.3) is 11.3 Å². The van der Waals surface area contributed by atoms with Crippen molar-refractivity contribution in [2.75, 3.05) is 0 Å². The van der Waals surface area contributed by atoms with Gasteiger partial charge in [0.1, 0.15) is 5.01 Å². The monoisotopic (exact) mass is 260 g/mol. The van der Waals surface area contributed by atoms with Gasteiger partial charge in [0.25, 0.3) is 0 Å². The zero-order valence-corrected chi connectivity index (χ0v) is 12.1. The van der Waals surface area contributed by atoms with E-state index in [1.807, 2.05) is 6.07 Å². The number of aryl methyl sites for hydroxylation is 1. The number of nitrogens with zero attached hydrogens (tertiary/aromatic N) is 1. The molecule has 2 nitrogen and oxygen atoms in total. The van der Waals surface area contributed by atoms with Gasteiger partial charge in [0, 0.05) is 10.4 Å². The second-order valence-electron chi connectivity index (χ2n) is 4.78. The minimum atomic E-state index is -0.318. The summed E-state index contributed by atoms with van der Waals surface area (Å²) >= 11 is 1.75. The molecule has 1 atom stereocenters. The second kappa shape index (κ2) is 5.21. The van der Waals surface area contributed by atoms with Crippen LogP contribution >= 0.6 is 11.3 Å². The number of benzene rings is 1. The molecule has 96 valence electrons. The summed E-state index contributed by atoms with van der Waals surface area (Å²) in [7, 11) is 0. The van der Waals surface area contributed by atoms with E-state index in [1.54, 1.807) is 11.3 Å². The molecular formula is C15H20N2S. The van der Waals surface area contributed by atoms with Crippen LogP contribution in [0, 0.1) is 0 Å². The standard InChI is InChI=1S/C15H20N2S/c1-4-12-13(11-9-7-6-8-10-11)17-14(18-12)15(3,16)5-2/h6-10H,4-5,16H2,1-3H3. The summed E-state index contributed by atoms with van der Waals surface area (Å²) in [5.74, 6) is 0. The van der Waals surface area contributed by atoms with Crippen LogP contribution in [0.5, 0.6) is 0 Å². The quantitative estimate of drug-likeness (QED) is 0.903. The van der Waals surface area contributed by atoms with E-state index in [0.717, 1.165) is 23.5 Å². The molecule has 1 unspecified atom stereocenters. The number of hydrogen-bond donors (Lipinski definition) is 1. The largest absolute Gasteiger partial charge is 0.320 e. The normalized spacial score (nSPS) is 14.4. The van der Waals surface area contributed by atoms with Gasteiger partial charge < -0.3 is 5.73 Å². The molecule has 18 heavy (non-hydrogen) atoms. The van der Waals surface area contributed by atoms with Gasteiger partial charge in [0.2, 0.25) is 0 Å². The molecule has 2 N–H and O–H groups in total. The van der Waals surface area contributed by atoms with Crippen molar-refractivity contribution in [3.63, 3.8) is 0 Å². The smallest absolute Gasteiger partial charge is 0.113 e. The van der Waals surface area contributed by atoms with Crippen molar-refractivity contribution in [2.24, 2.45) is 5.73 Å². The molecule has 0 fully saturated rings. The first-order valence-electron chi connectivity index (χ1n) is 6.43. The highest BCUT2D eigenvalue weighted by Crippen LogP contribution is 2.34. The first kappa shape index (κ1) is 13.2. The van der Waals surface area contributed by atoms with Crippen LogP contribution in [0.15, 0.2) is 30.3 Å². The predicted molar refractivity (Wildman–Crippen MR) is 78.8 cm³/mol. The Kier molecular flexibility index (Phi) is 3.83. The van der Waals surface area contributed by atoms with Gasteiger partial charge in [-0.1, -0.05) is 44.2 Å². The maximum atomic E-state index is 6.30. The Labute approximate surface area is 113 Å². The molecule has 1 aromatic carbocycles. The van der Waals surface area contributed by atoms with Gasteiger partial charge in [-0.2, -0.15) is 0 Å². The molecule has 0 amide bonds. The number of hydrogen-bond acceptors (Lipinski definition) is 3. The van der Waals surface area contributed by atoms with Crippen LogP contribution < -0.4 is 5.73 Å². The SMILES string of the molecule is CCc1sc(C(C)(N)CC)nc1-c1ccccc1. The molecule has 1 heterocycles. The molecule has 0 aliphatic heterocycles. The Morgan fingerprint density at radius 1 is 1.22 bits per heavy atom. The van der Waals surface area contributed by atoms with Crippen molar-refractivity contribution < 1.29 is 0 Å². The number of aromatic nitrogens is 1. The highest BCUT2D eigenvalue weighted by Gasteiger charge is 2.25. The minimum Gasteiger partial charge on any atom is -0.320 e. The third kappa shape index (κ3) is 2.47. The van der Waals surface area contributed by atoms with Crippen LogP contribution in [0.4, 0.5) is 0 Å². The van der Waals surface area contributed by atoms with E-state index in [2.05, 4.69) is 45.0 Å². The first-order valence-corrected chi connectivity index (χ1v) is 7.24. The van der Waals surface area contributed by atoms with E-state index in [4.69, 9.17) is 10.7 Å². The summed E-state index contributed by atoms with van der Waals surface area (Å²) in [5.41, 5.74) is 8.27. The van der Waals surface area contributed by atoms with Gasteiger partial charge in [-0.05, 0) is 19.8 Å². The summed E-state index contributed by atoms with van der Waals surface area (Å²) in [4.78, 5) is 6.11. The van der Waals surface area contributed by atoms with E-state index < -0.39 is 0 Å². The number of rotatable bonds is 4. The van der Waals surface area contributed by atoms with Gasteiger partial charge in [-0.3, -0.25) is 0 Å². The maximum Gasteiger partial charge on any atom is 0.113 e. The molecule has 3 heteroatoms. The van der Waals surface area contributed by atoms with Crippen LogP contribution in [-0.2, 0) is 12.0 Å². The molecule has 1 aromatic heterocycles. The highest BCUT2D eigenvalue weighted by molar-refractivity contribution is 7.12. The third-order valence-electron chi connectivity index (χ3n) is 3.29. The lowest BCUT2D eigenvalue weighted by Crippen LogP contribution is -2.31. The molecule has 0 aliphatic carbocycles. The second-order valence-corrected chi connectivity index (χ2v) is 5.87. The minimum absolute atomic E-state index is 0.318. The summed E-state index contributed by atoms with van der Waals surface area (Å²) in [6.45, 7) is 6.33. The topological polar surface area (TPSA) is 38.9 Å². The first-order chi connectivity index (χ1) is 8.58. The van der Waals surface area contributed by atoms with E-state index >= 15 is 0 Å². The fraction of sp³-hybridized carbons (Fsp3) is 0.400. The summed E-state index contributed by atoms with van der Waals surface area (Å²) < 4.78 is 0. The zero-order chi connectivity index (χ0) is 13.2. The summed E-state index contributed by atoms with van der Waals surface area (Å²) in [6, 6.07) is 10.3. The van der Waals surface area contributed by atoms with Crippen molar-refractivity contribution >= 4 is 11.3 Å². The van der Waals surface area contributed by atoms with Crippen LogP contribution in [-0.4, -0.2) is 4.98 Å². The lowest BCUT2D eigenvalue weighted by molar-refractivity contribution is 0.474. The Morgan fingerprint density at radius 2 is 1.89 bits per heavy atom. The number of nitrogens with two attached hydrogens (primary N) is 1. The summed E-state index contributed by atoms with van der Waals surface area (Å²) in [6.07, 6.45) is 1.90. The van der Waals surface area contributed by atoms with Crippen molar-refractivity contribution in [1.82, 2.24) is 4.98 Å². The average Bonchev–Trinajstić information content (AvgIpc) is 2.84. The van der Waals surface area contributed by atoms with Crippen molar-refractivity contribution in [3.8, 4) is 11.3 Å². The average molecular weight is 260 g/mol. The van der Waals surface area contributed by atoms with Gasteiger partial charge in [-0.25, -0.2) is 4.98 Å². The molecule has 2 aromatic rings. The number of thiazole rings is 1. The van der Waals surface area contributed by atoms with E-state index in [1.165, 1.54) is 10.4 Å². The van der Waals surface area contributed by atoms with Crippen LogP contribution in [0.3, 0.4) is 0 Å². The molecule has 0 bridgehead atoms. The molecule has 0 spiro atoms. The molecule has 0 saturated carbocycles. The van der Waals surface area contributed by atoms with Crippen LogP contribution in [0.1, 0.15) is 37.1 Å². The van der Waals surface area contributed by atoms with E-state index in [9.17, 15) is 0 Å². The van der Waals surface area contributed by atoms with Gasteiger partial charge in [0.15, 0.2) is 0 Å². The van der Waals surface area contributed by atoms with Gasteiger partial charge in [-0.15, -0.1) is 11.3 Å². The molecular weight excluding hydrogens is 240 g/mol. The fourth-order valence-electron chi connectivity index (χ4n) is 1.81. The van der Waals surface area contributed by atoms with Crippen molar-refractivity contribution in [1.29, 1.82) is 0 Å². The Hall–Kier alpha value is -1.19. The molecule has 0 saturated heterocycles. The Morgan fingerprint density at radius 3 is 2.44 bits per heavy atom. The van der Waals surface area contributed by atoms with Crippen molar-refractivity contribution in [3.05, 3.63) is 40.2 Å². The van der Waals surface area contributed by atoms with Crippen molar-refractivity contribution in [2.45, 2.75) is 39.2 Å². The predicted octanol–water partition coefficient (Wildman–Crippen LogP) is 3.96. The molecule has 0 aliphatic rings. The van der Waals surface area contributed by atoms with E-state index in [-0.39, 0.29) is 5.54 Å². The van der Waals surface area contributed by atoms with Crippen LogP contribution in [0.2, 0.25) is 0 Å². The Bertz CT molecular complexity index is 515. The lowest BCUT2D eigenvalue weighted by Gasteiger charge is -2.18. The van der Waals surface area contributed by atoms with Gasteiger partial charge >= 0.3 is 0 Å². The highest BCUT2D eigenvalue weighted by atomic mass is 32.1. The fourth-order valence-corrected chi connectivity index (χ4v) is 2.96. The molecule has 0 radical (unpaired) electrons.